The Morgan fingerprint density at radius 3 is 2.60 bits per heavy atom. The summed E-state index contributed by atoms with van der Waals surface area (Å²) < 4.78 is 27.2. The second-order valence-electron chi connectivity index (χ2n) is 4.58. The van der Waals surface area contributed by atoms with E-state index >= 15 is 0 Å². The van der Waals surface area contributed by atoms with Crippen LogP contribution in [-0.2, 0) is 23.1 Å². The van der Waals surface area contributed by atoms with E-state index in [-0.39, 0.29) is 17.5 Å². The average Bonchev–Trinajstić information content (AvgIpc) is 2.88. The minimum absolute atomic E-state index is 0.171. The standard InChI is InChI=1S/C14H17NO3S2/c1-11(9-12-5-3-2-4-6-12)15-20(17,18)14-7-8-19-13(14)10-16/h2-8,11,15-16H,9-10H2,1H3. The summed E-state index contributed by atoms with van der Waals surface area (Å²) in [5, 5.41) is 10.8. The molecule has 0 aliphatic heterocycles. The molecule has 1 unspecified atom stereocenters. The maximum absolute atomic E-state index is 12.3. The fourth-order valence-electron chi connectivity index (χ4n) is 2.02. The van der Waals surface area contributed by atoms with Gasteiger partial charge in [0.15, 0.2) is 0 Å². The molecule has 0 fully saturated rings. The smallest absolute Gasteiger partial charge is 0.242 e. The van der Waals surface area contributed by atoms with E-state index in [2.05, 4.69) is 4.72 Å². The van der Waals surface area contributed by atoms with Crippen molar-refractivity contribution >= 4 is 21.4 Å². The van der Waals surface area contributed by atoms with Gasteiger partial charge in [0.1, 0.15) is 0 Å². The van der Waals surface area contributed by atoms with E-state index in [1.807, 2.05) is 37.3 Å². The van der Waals surface area contributed by atoms with Crippen molar-refractivity contribution in [3.63, 3.8) is 0 Å². The molecule has 0 aliphatic carbocycles. The molecule has 2 N–H and O–H groups in total. The predicted octanol–water partition coefficient (Wildman–Crippen LogP) is 2.15. The molecule has 1 heterocycles. The van der Waals surface area contributed by atoms with Gasteiger partial charge in [-0.1, -0.05) is 30.3 Å². The SMILES string of the molecule is CC(Cc1ccccc1)NS(=O)(=O)c1ccsc1CO. The molecule has 4 nitrogen and oxygen atoms in total. The van der Waals surface area contributed by atoms with Gasteiger partial charge in [0.25, 0.3) is 0 Å². The second-order valence-corrected chi connectivity index (χ2v) is 7.26. The normalized spacial score (nSPS) is 13.3. The van der Waals surface area contributed by atoms with Crippen LogP contribution in [0.4, 0.5) is 0 Å². The molecule has 20 heavy (non-hydrogen) atoms. The first-order valence-electron chi connectivity index (χ1n) is 6.26. The number of thiophene rings is 1. The van der Waals surface area contributed by atoms with Crippen molar-refractivity contribution in [2.24, 2.45) is 0 Å². The van der Waals surface area contributed by atoms with Crippen LogP contribution in [0.5, 0.6) is 0 Å². The van der Waals surface area contributed by atoms with Crippen LogP contribution in [0.25, 0.3) is 0 Å². The third kappa shape index (κ3) is 3.67. The number of rotatable bonds is 6. The molecule has 0 saturated carbocycles. The number of benzene rings is 1. The van der Waals surface area contributed by atoms with Gasteiger partial charge in [-0.15, -0.1) is 11.3 Å². The lowest BCUT2D eigenvalue weighted by atomic mass is 10.1. The minimum atomic E-state index is -3.58. The van der Waals surface area contributed by atoms with Crippen molar-refractivity contribution in [3.8, 4) is 0 Å². The number of aliphatic hydroxyl groups excluding tert-OH is 1. The van der Waals surface area contributed by atoms with Gasteiger partial charge in [-0.25, -0.2) is 13.1 Å². The Balaban J connectivity index is 2.09. The molecule has 0 spiro atoms. The third-order valence-electron chi connectivity index (χ3n) is 2.88. The highest BCUT2D eigenvalue weighted by molar-refractivity contribution is 7.89. The molecule has 108 valence electrons. The first-order valence-corrected chi connectivity index (χ1v) is 8.62. The van der Waals surface area contributed by atoms with Gasteiger partial charge >= 0.3 is 0 Å². The van der Waals surface area contributed by atoms with E-state index in [1.54, 1.807) is 5.38 Å². The molecule has 2 rings (SSSR count). The third-order valence-corrected chi connectivity index (χ3v) is 5.59. The van der Waals surface area contributed by atoms with Crippen molar-refractivity contribution < 1.29 is 13.5 Å². The summed E-state index contributed by atoms with van der Waals surface area (Å²) in [6.07, 6.45) is 0.624. The molecule has 2 aromatic rings. The zero-order chi connectivity index (χ0) is 14.6. The number of aliphatic hydroxyl groups is 1. The largest absolute Gasteiger partial charge is 0.391 e. The quantitative estimate of drug-likeness (QED) is 0.859. The monoisotopic (exact) mass is 311 g/mol. The molecule has 1 atom stereocenters. The van der Waals surface area contributed by atoms with E-state index in [9.17, 15) is 8.42 Å². The fourth-order valence-corrected chi connectivity index (χ4v) is 4.56. The van der Waals surface area contributed by atoms with Gasteiger partial charge < -0.3 is 5.11 Å². The minimum Gasteiger partial charge on any atom is -0.391 e. The second kappa shape index (κ2) is 6.49. The Kier molecular flexibility index (Phi) is 4.93. The zero-order valence-corrected chi connectivity index (χ0v) is 12.7. The van der Waals surface area contributed by atoms with Gasteiger partial charge in [-0.2, -0.15) is 0 Å². The Hall–Kier alpha value is -1.21. The van der Waals surface area contributed by atoms with Crippen molar-refractivity contribution in [1.82, 2.24) is 4.72 Å². The molecule has 0 amide bonds. The van der Waals surface area contributed by atoms with Crippen LogP contribution in [0.1, 0.15) is 17.4 Å². The Labute approximate surface area is 123 Å². The molecular formula is C14H17NO3S2. The topological polar surface area (TPSA) is 66.4 Å². The van der Waals surface area contributed by atoms with E-state index in [0.29, 0.717) is 11.3 Å². The van der Waals surface area contributed by atoms with Gasteiger partial charge in [0.05, 0.1) is 11.5 Å². The predicted molar refractivity (Wildman–Crippen MR) is 80.2 cm³/mol. The maximum Gasteiger partial charge on any atom is 0.242 e. The summed E-state index contributed by atoms with van der Waals surface area (Å²) >= 11 is 1.24. The molecular weight excluding hydrogens is 294 g/mol. The van der Waals surface area contributed by atoms with Crippen molar-refractivity contribution in [1.29, 1.82) is 0 Å². The summed E-state index contributed by atoms with van der Waals surface area (Å²) in [5.74, 6) is 0. The fraction of sp³-hybridized carbons (Fsp3) is 0.286. The number of sulfonamides is 1. The maximum atomic E-state index is 12.3. The molecule has 1 aromatic carbocycles. The Morgan fingerprint density at radius 1 is 1.25 bits per heavy atom. The first-order chi connectivity index (χ1) is 9.53. The molecule has 6 heteroatoms. The lowest BCUT2D eigenvalue weighted by Gasteiger charge is -2.14. The highest BCUT2D eigenvalue weighted by atomic mass is 32.2. The number of hydrogen-bond acceptors (Lipinski definition) is 4. The lowest BCUT2D eigenvalue weighted by molar-refractivity contribution is 0.282. The van der Waals surface area contributed by atoms with Gasteiger partial charge in [0, 0.05) is 10.9 Å². The van der Waals surface area contributed by atoms with Crippen molar-refractivity contribution in [2.45, 2.75) is 30.9 Å². The summed E-state index contributed by atoms with van der Waals surface area (Å²) in [6, 6.07) is 11.0. The van der Waals surface area contributed by atoms with Crippen LogP contribution in [0.15, 0.2) is 46.7 Å². The molecule has 0 aliphatic rings. The van der Waals surface area contributed by atoms with Crippen LogP contribution >= 0.6 is 11.3 Å². The van der Waals surface area contributed by atoms with E-state index < -0.39 is 10.0 Å². The Bertz CT molecular complexity index is 650. The van der Waals surface area contributed by atoms with Crippen LogP contribution in [0, 0.1) is 0 Å². The van der Waals surface area contributed by atoms with Crippen LogP contribution in [0.3, 0.4) is 0 Å². The highest BCUT2D eigenvalue weighted by Gasteiger charge is 2.21. The molecule has 0 saturated heterocycles. The first kappa shape index (κ1) is 15.2. The summed E-state index contributed by atoms with van der Waals surface area (Å²) in [7, 11) is -3.58. The molecule has 0 bridgehead atoms. The van der Waals surface area contributed by atoms with Crippen LogP contribution < -0.4 is 4.72 Å². The summed E-state index contributed by atoms with van der Waals surface area (Å²) in [5.41, 5.74) is 1.08. The van der Waals surface area contributed by atoms with Gasteiger partial charge in [-0.3, -0.25) is 0 Å². The summed E-state index contributed by atoms with van der Waals surface area (Å²) in [4.78, 5) is 0.634. The van der Waals surface area contributed by atoms with Crippen LogP contribution in [-0.4, -0.2) is 19.6 Å². The molecule has 1 aromatic heterocycles. The van der Waals surface area contributed by atoms with Gasteiger partial charge in [0.2, 0.25) is 10.0 Å². The van der Waals surface area contributed by atoms with Crippen molar-refractivity contribution in [3.05, 3.63) is 52.2 Å². The Morgan fingerprint density at radius 2 is 1.95 bits per heavy atom. The average molecular weight is 311 g/mol. The van der Waals surface area contributed by atoms with Gasteiger partial charge in [-0.05, 0) is 30.4 Å². The van der Waals surface area contributed by atoms with Crippen molar-refractivity contribution in [2.75, 3.05) is 0 Å². The highest BCUT2D eigenvalue weighted by Crippen LogP contribution is 2.22. The summed E-state index contributed by atoms with van der Waals surface area (Å²) in [6.45, 7) is 1.57. The zero-order valence-electron chi connectivity index (χ0n) is 11.1. The van der Waals surface area contributed by atoms with Crippen LogP contribution in [0.2, 0.25) is 0 Å². The van der Waals surface area contributed by atoms with E-state index in [1.165, 1.54) is 17.4 Å². The lowest BCUT2D eigenvalue weighted by Crippen LogP contribution is -2.34. The molecule has 0 radical (unpaired) electrons. The van der Waals surface area contributed by atoms with E-state index in [4.69, 9.17) is 5.11 Å². The van der Waals surface area contributed by atoms with E-state index in [0.717, 1.165) is 5.56 Å². The number of hydrogen-bond donors (Lipinski definition) is 2. The number of nitrogens with one attached hydrogen (secondary N) is 1.